The van der Waals surface area contributed by atoms with Crippen molar-refractivity contribution < 1.29 is 19.0 Å². The van der Waals surface area contributed by atoms with E-state index in [0.717, 1.165) is 5.56 Å². The Morgan fingerprint density at radius 1 is 1.19 bits per heavy atom. The molecule has 2 aromatic carbocycles. The number of halogens is 1. The minimum absolute atomic E-state index is 0.201. The van der Waals surface area contributed by atoms with Crippen LogP contribution in [-0.4, -0.2) is 27.8 Å². The summed E-state index contributed by atoms with van der Waals surface area (Å²) < 4.78 is 24.9. The summed E-state index contributed by atoms with van der Waals surface area (Å²) in [7, 11) is 0. The van der Waals surface area contributed by atoms with E-state index in [9.17, 15) is 9.50 Å². The molecule has 2 N–H and O–H groups in total. The van der Waals surface area contributed by atoms with E-state index in [1.165, 1.54) is 29.2 Å². The highest BCUT2D eigenvalue weighted by Crippen LogP contribution is 2.36. The number of hydrogen-bond donors (Lipinski definition) is 2. The Hall–Kier alpha value is -2.36. The maximum Gasteiger partial charge on any atom is 0.231 e. The summed E-state index contributed by atoms with van der Waals surface area (Å²) in [4.78, 5) is 0. The zero-order chi connectivity index (χ0) is 17.9. The monoisotopic (exact) mass is 391 g/mol. The minimum Gasteiger partial charge on any atom is -0.454 e. The molecule has 1 aliphatic rings. The second kappa shape index (κ2) is 7.48. The molecule has 0 radical (unpaired) electrons. The van der Waals surface area contributed by atoms with Crippen LogP contribution in [0.25, 0.3) is 0 Å². The van der Waals surface area contributed by atoms with Crippen LogP contribution in [0.5, 0.6) is 11.5 Å². The Morgan fingerprint density at radius 2 is 2.04 bits per heavy atom. The second-order valence-corrected chi connectivity index (χ2v) is 7.66. The lowest BCUT2D eigenvalue weighted by molar-refractivity contribution is 0.173. The SMILES string of the molecule is O[C@H](CSc1nnc(Nc2ccccc2F)s1)c1ccc2c(c1)OCO2. The van der Waals surface area contributed by atoms with Crippen LogP contribution >= 0.6 is 23.1 Å². The fourth-order valence-corrected chi connectivity index (χ4v) is 4.12. The molecule has 0 saturated carbocycles. The van der Waals surface area contributed by atoms with Gasteiger partial charge in [-0.1, -0.05) is 41.3 Å². The van der Waals surface area contributed by atoms with Crippen molar-refractivity contribution >= 4 is 33.9 Å². The van der Waals surface area contributed by atoms with Gasteiger partial charge in [-0.15, -0.1) is 10.2 Å². The number of nitrogens with one attached hydrogen (secondary N) is 1. The summed E-state index contributed by atoms with van der Waals surface area (Å²) >= 11 is 2.68. The van der Waals surface area contributed by atoms with E-state index in [4.69, 9.17) is 9.47 Å². The average Bonchev–Trinajstić information content (AvgIpc) is 3.30. The number of aliphatic hydroxyl groups excluding tert-OH is 1. The summed E-state index contributed by atoms with van der Waals surface area (Å²) in [5.41, 5.74) is 1.09. The number of nitrogens with zero attached hydrogens (tertiary/aromatic N) is 2. The summed E-state index contributed by atoms with van der Waals surface area (Å²) in [6.45, 7) is 0.201. The zero-order valence-corrected chi connectivity index (χ0v) is 15.0. The molecule has 0 aliphatic carbocycles. The summed E-state index contributed by atoms with van der Waals surface area (Å²) in [5, 5.41) is 21.8. The van der Waals surface area contributed by atoms with E-state index in [1.807, 2.05) is 6.07 Å². The van der Waals surface area contributed by atoms with Crippen molar-refractivity contribution in [1.29, 1.82) is 0 Å². The van der Waals surface area contributed by atoms with Crippen LogP contribution < -0.4 is 14.8 Å². The number of rotatable bonds is 6. The number of hydrogen-bond acceptors (Lipinski definition) is 8. The molecular weight excluding hydrogens is 377 g/mol. The third-order valence-electron chi connectivity index (χ3n) is 3.67. The van der Waals surface area contributed by atoms with E-state index >= 15 is 0 Å². The topological polar surface area (TPSA) is 76.5 Å². The maximum absolute atomic E-state index is 13.7. The molecule has 1 atom stereocenters. The molecule has 0 bridgehead atoms. The predicted molar refractivity (Wildman–Crippen MR) is 97.8 cm³/mol. The lowest BCUT2D eigenvalue weighted by Crippen LogP contribution is -2.00. The number of ether oxygens (including phenoxy) is 2. The fraction of sp³-hybridized carbons (Fsp3) is 0.176. The number of aliphatic hydroxyl groups is 1. The number of thioether (sulfide) groups is 1. The third-order valence-corrected chi connectivity index (χ3v) is 5.72. The molecule has 26 heavy (non-hydrogen) atoms. The van der Waals surface area contributed by atoms with E-state index in [2.05, 4.69) is 15.5 Å². The first-order valence-corrected chi connectivity index (χ1v) is 9.55. The number of benzene rings is 2. The van der Waals surface area contributed by atoms with Crippen molar-refractivity contribution in [2.45, 2.75) is 10.4 Å². The highest BCUT2D eigenvalue weighted by molar-refractivity contribution is 8.01. The first kappa shape index (κ1) is 17.1. The van der Waals surface area contributed by atoms with Crippen LogP contribution in [-0.2, 0) is 0 Å². The fourth-order valence-electron chi connectivity index (χ4n) is 2.36. The van der Waals surface area contributed by atoms with Gasteiger partial charge in [0, 0.05) is 5.75 Å². The van der Waals surface area contributed by atoms with Crippen LogP contribution in [0.3, 0.4) is 0 Å². The average molecular weight is 391 g/mol. The van der Waals surface area contributed by atoms with Gasteiger partial charge in [0.1, 0.15) is 5.82 Å². The highest BCUT2D eigenvalue weighted by Gasteiger charge is 2.17. The van der Waals surface area contributed by atoms with Gasteiger partial charge in [0.25, 0.3) is 0 Å². The van der Waals surface area contributed by atoms with E-state index in [0.29, 0.717) is 32.4 Å². The van der Waals surface area contributed by atoms with Crippen LogP contribution in [0.4, 0.5) is 15.2 Å². The second-order valence-electron chi connectivity index (χ2n) is 5.42. The molecule has 0 saturated heterocycles. The molecule has 1 aliphatic heterocycles. The summed E-state index contributed by atoms with van der Waals surface area (Å²) in [6.07, 6.45) is -0.679. The van der Waals surface area contributed by atoms with Gasteiger partial charge in [-0.05, 0) is 29.8 Å². The maximum atomic E-state index is 13.7. The number of anilines is 2. The number of aromatic nitrogens is 2. The minimum atomic E-state index is -0.679. The lowest BCUT2D eigenvalue weighted by atomic mass is 10.1. The summed E-state index contributed by atoms with van der Waals surface area (Å²) in [5.74, 6) is 1.38. The quantitative estimate of drug-likeness (QED) is 0.616. The first-order valence-electron chi connectivity index (χ1n) is 7.74. The Labute approximate surface area is 157 Å². The molecule has 1 aromatic heterocycles. The van der Waals surface area contributed by atoms with Crippen molar-refractivity contribution in [1.82, 2.24) is 10.2 Å². The normalized spacial score (nSPS) is 13.6. The Kier molecular flexibility index (Phi) is 4.91. The van der Waals surface area contributed by atoms with Crippen LogP contribution in [0, 0.1) is 5.82 Å². The first-order chi connectivity index (χ1) is 12.7. The molecule has 0 amide bonds. The van der Waals surface area contributed by atoms with Gasteiger partial charge in [0.15, 0.2) is 15.8 Å². The Bertz CT molecular complexity index is 922. The van der Waals surface area contributed by atoms with Crippen LogP contribution in [0.15, 0.2) is 46.8 Å². The molecule has 2 heterocycles. The van der Waals surface area contributed by atoms with Gasteiger partial charge in [0.2, 0.25) is 11.9 Å². The number of fused-ring (bicyclic) bond motifs is 1. The van der Waals surface area contributed by atoms with Gasteiger partial charge < -0.3 is 19.9 Å². The van der Waals surface area contributed by atoms with Gasteiger partial charge in [0.05, 0.1) is 11.8 Å². The van der Waals surface area contributed by atoms with Crippen LogP contribution in [0.2, 0.25) is 0 Å². The summed E-state index contributed by atoms with van der Waals surface area (Å²) in [6, 6.07) is 11.7. The molecule has 4 rings (SSSR count). The Balaban J connectivity index is 1.36. The lowest BCUT2D eigenvalue weighted by Gasteiger charge is -2.10. The molecule has 9 heteroatoms. The van der Waals surface area contributed by atoms with Gasteiger partial charge in [-0.3, -0.25) is 0 Å². The van der Waals surface area contributed by atoms with Crippen LogP contribution in [0.1, 0.15) is 11.7 Å². The molecule has 134 valence electrons. The number of para-hydroxylation sites is 1. The molecular formula is C17H14FN3O3S2. The van der Waals surface area contributed by atoms with E-state index in [1.54, 1.807) is 30.3 Å². The van der Waals surface area contributed by atoms with Gasteiger partial charge in [-0.2, -0.15) is 0 Å². The van der Waals surface area contributed by atoms with E-state index in [-0.39, 0.29) is 12.6 Å². The Morgan fingerprint density at radius 3 is 2.92 bits per heavy atom. The predicted octanol–water partition coefficient (Wildman–Crippen LogP) is 3.98. The standard InChI is InChI=1S/C17H14FN3O3S2/c18-11-3-1-2-4-12(11)19-16-20-21-17(26-16)25-8-13(22)10-5-6-14-15(7-10)24-9-23-14/h1-7,13,22H,8-9H2,(H,19,20)/t13-/m1/s1. The molecule has 0 unspecified atom stereocenters. The zero-order valence-electron chi connectivity index (χ0n) is 13.4. The largest absolute Gasteiger partial charge is 0.454 e. The molecule has 6 nitrogen and oxygen atoms in total. The molecule has 3 aromatic rings. The van der Waals surface area contributed by atoms with Crippen molar-refractivity contribution in [3.63, 3.8) is 0 Å². The molecule has 0 fully saturated rings. The molecule has 0 spiro atoms. The smallest absolute Gasteiger partial charge is 0.231 e. The van der Waals surface area contributed by atoms with Gasteiger partial charge >= 0.3 is 0 Å². The third kappa shape index (κ3) is 3.74. The van der Waals surface area contributed by atoms with Crippen molar-refractivity contribution in [3.8, 4) is 11.5 Å². The van der Waals surface area contributed by atoms with E-state index < -0.39 is 6.10 Å². The van der Waals surface area contributed by atoms with Crippen molar-refractivity contribution in [2.24, 2.45) is 0 Å². The highest BCUT2D eigenvalue weighted by atomic mass is 32.2. The van der Waals surface area contributed by atoms with Gasteiger partial charge in [-0.25, -0.2) is 4.39 Å². The van der Waals surface area contributed by atoms with Crippen molar-refractivity contribution in [3.05, 3.63) is 53.8 Å². The van der Waals surface area contributed by atoms with Crippen molar-refractivity contribution in [2.75, 3.05) is 17.9 Å².